The van der Waals surface area contributed by atoms with Crippen LogP contribution in [0.2, 0.25) is 0 Å². The van der Waals surface area contributed by atoms with Crippen LogP contribution < -0.4 is 5.32 Å². The molecule has 0 aromatic rings. The van der Waals surface area contributed by atoms with Crippen LogP contribution in [0.4, 0.5) is 0 Å². The van der Waals surface area contributed by atoms with Crippen LogP contribution in [0.3, 0.4) is 0 Å². The van der Waals surface area contributed by atoms with E-state index in [1.54, 1.807) is 6.92 Å². The molecule has 0 aliphatic carbocycles. The lowest BCUT2D eigenvalue weighted by Gasteiger charge is -1.96. The van der Waals surface area contributed by atoms with Crippen molar-refractivity contribution in [3.05, 3.63) is 0 Å². The topological polar surface area (TPSA) is 49.3 Å². The molecule has 0 heterocycles. The molecule has 1 amide bonds. The van der Waals surface area contributed by atoms with E-state index in [1.807, 2.05) is 13.8 Å². The van der Waals surface area contributed by atoms with Gasteiger partial charge in [-0.2, -0.15) is 0 Å². The fourth-order valence-electron chi connectivity index (χ4n) is 0.320. The lowest BCUT2D eigenvalue weighted by Crippen LogP contribution is -2.25. The summed E-state index contributed by atoms with van der Waals surface area (Å²) >= 11 is 0. The minimum atomic E-state index is -0.0148. The van der Waals surface area contributed by atoms with Crippen molar-refractivity contribution in [2.45, 2.75) is 27.2 Å². The van der Waals surface area contributed by atoms with E-state index in [0.717, 1.165) is 0 Å². The molecule has 0 unspecified atom stereocenters. The summed E-state index contributed by atoms with van der Waals surface area (Å²) in [7, 11) is 0. The molecule has 0 spiro atoms. The zero-order chi connectivity index (χ0) is 8.41. The smallest absolute Gasteiger partial charge is 0.219 e. The summed E-state index contributed by atoms with van der Waals surface area (Å²) in [6.07, 6.45) is 0.486. The number of carbonyl (C=O) groups is 1. The zero-order valence-corrected chi connectivity index (χ0v) is 6.98. The number of aliphatic hydroxyl groups is 1. The Hall–Kier alpha value is -0.570. The van der Waals surface area contributed by atoms with Crippen molar-refractivity contribution < 1.29 is 9.90 Å². The molecule has 3 heteroatoms. The lowest BCUT2D eigenvalue weighted by atomic mass is 10.4. The molecule has 2 N–H and O–H groups in total. The molecule has 0 aliphatic rings. The molecule has 3 nitrogen and oxygen atoms in total. The van der Waals surface area contributed by atoms with E-state index in [1.165, 1.54) is 0 Å². The second-order valence-electron chi connectivity index (χ2n) is 1.43. The maximum Gasteiger partial charge on any atom is 0.219 e. The van der Waals surface area contributed by atoms with Gasteiger partial charge in [0.15, 0.2) is 0 Å². The standard InChI is InChI=1S/C5H11NO2.C2H6/c1-2-5(8)6-3-4-7;1-2/h7H,2-4H2,1H3,(H,6,8);1-2H3. The van der Waals surface area contributed by atoms with Gasteiger partial charge in [-0.15, -0.1) is 0 Å². The molecule has 0 aromatic carbocycles. The maximum absolute atomic E-state index is 10.3. The van der Waals surface area contributed by atoms with Crippen LogP contribution >= 0.6 is 0 Å². The van der Waals surface area contributed by atoms with Gasteiger partial charge < -0.3 is 10.4 Å². The van der Waals surface area contributed by atoms with Gasteiger partial charge in [0, 0.05) is 13.0 Å². The molecular weight excluding hydrogens is 130 g/mol. The third-order valence-electron chi connectivity index (χ3n) is 0.755. The summed E-state index contributed by atoms with van der Waals surface area (Å²) in [5.41, 5.74) is 0. The van der Waals surface area contributed by atoms with E-state index in [4.69, 9.17) is 5.11 Å². The average molecular weight is 147 g/mol. The number of carbonyl (C=O) groups excluding carboxylic acids is 1. The number of hydrogen-bond acceptors (Lipinski definition) is 2. The van der Waals surface area contributed by atoms with Crippen molar-refractivity contribution in [3.63, 3.8) is 0 Å². The van der Waals surface area contributed by atoms with Gasteiger partial charge in [0.05, 0.1) is 6.61 Å². The summed E-state index contributed by atoms with van der Waals surface area (Å²) in [6, 6.07) is 0. The summed E-state index contributed by atoms with van der Waals surface area (Å²) in [5, 5.41) is 10.7. The lowest BCUT2D eigenvalue weighted by molar-refractivity contribution is -0.120. The monoisotopic (exact) mass is 147 g/mol. The average Bonchev–Trinajstić information content (AvgIpc) is 2.04. The molecule has 10 heavy (non-hydrogen) atoms. The van der Waals surface area contributed by atoms with Crippen molar-refractivity contribution >= 4 is 5.91 Å². The largest absolute Gasteiger partial charge is 0.395 e. The first kappa shape index (κ1) is 12.1. The van der Waals surface area contributed by atoms with Crippen LogP contribution in [-0.2, 0) is 4.79 Å². The minimum Gasteiger partial charge on any atom is -0.395 e. The van der Waals surface area contributed by atoms with Gasteiger partial charge in [-0.05, 0) is 0 Å². The zero-order valence-electron chi connectivity index (χ0n) is 6.98. The first-order valence-electron chi connectivity index (χ1n) is 3.68. The highest BCUT2D eigenvalue weighted by Crippen LogP contribution is 1.71. The Morgan fingerprint density at radius 3 is 2.30 bits per heavy atom. The molecular formula is C7H17NO2. The van der Waals surface area contributed by atoms with Crippen LogP contribution in [0.15, 0.2) is 0 Å². The van der Waals surface area contributed by atoms with E-state index in [-0.39, 0.29) is 12.5 Å². The van der Waals surface area contributed by atoms with E-state index in [2.05, 4.69) is 5.32 Å². The van der Waals surface area contributed by atoms with E-state index < -0.39 is 0 Å². The van der Waals surface area contributed by atoms with Gasteiger partial charge in [-0.3, -0.25) is 4.79 Å². The number of rotatable bonds is 3. The molecule has 0 rings (SSSR count). The first-order chi connectivity index (χ1) is 4.81. The fourth-order valence-corrected chi connectivity index (χ4v) is 0.320. The molecule has 0 saturated carbocycles. The van der Waals surface area contributed by atoms with Crippen molar-refractivity contribution in [2.75, 3.05) is 13.2 Å². The SMILES string of the molecule is CC.CCC(=O)NCCO. The van der Waals surface area contributed by atoms with Gasteiger partial charge in [0.2, 0.25) is 5.91 Å². The Bertz CT molecular complexity index is 74.0. The summed E-state index contributed by atoms with van der Waals surface area (Å²) in [6.45, 7) is 6.16. The second kappa shape index (κ2) is 11.3. The summed E-state index contributed by atoms with van der Waals surface area (Å²) in [4.78, 5) is 10.3. The van der Waals surface area contributed by atoms with Crippen molar-refractivity contribution in [3.8, 4) is 0 Å². The Morgan fingerprint density at radius 1 is 1.50 bits per heavy atom. The van der Waals surface area contributed by atoms with Crippen LogP contribution in [0, 0.1) is 0 Å². The number of hydrogen-bond donors (Lipinski definition) is 2. The molecule has 0 atom stereocenters. The molecule has 0 aromatic heterocycles. The predicted octanol–water partition coefficient (Wildman–Crippen LogP) is 0.531. The third kappa shape index (κ3) is 10.4. The van der Waals surface area contributed by atoms with Crippen LogP contribution in [0.25, 0.3) is 0 Å². The van der Waals surface area contributed by atoms with Crippen LogP contribution in [-0.4, -0.2) is 24.2 Å². The quantitative estimate of drug-likeness (QED) is 0.611. The van der Waals surface area contributed by atoms with E-state index in [0.29, 0.717) is 13.0 Å². The Kier molecular flexibility index (Phi) is 13.7. The molecule has 62 valence electrons. The normalized spacial score (nSPS) is 7.60. The van der Waals surface area contributed by atoms with Gasteiger partial charge >= 0.3 is 0 Å². The predicted molar refractivity (Wildman–Crippen MR) is 41.7 cm³/mol. The van der Waals surface area contributed by atoms with Crippen molar-refractivity contribution in [1.29, 1.82) is 0 Å². The number of nitrogens with one attached hydrogen (secondary N) is 1. The van der Waals surface area contributed by atoms with Gasteiger partial charge in [0.1, 0.15) is 0 Å². The third-order valence-corrected chi connectivity index (χ3v) is 0.755. The first-order valence-corrected chi connectivity index (χ1v) is 3.68. The molecule has 0 bridgehead atoms. The maximum atomic E-state index is 10.3. The van der Waals surface area contributed by atoms with E-state index in [9.17, 15) is 4.79 Å². The minimum absolute atomic E-state index is 0.0148. The highest BCUT2D eigenvalue weighted by molar-refractivity contribution is 5.75. The van der Waals surface area contributed by atoms with Crippen LogP contribution in [0.1, 0.15) is 27.2 Å². The van der Waals surface area contributed by atoms with E-state index >= 15 is 0 Å². The Balaban J connectivity index is 0. The molecule has 0 saturated heterocycles. The summed E-state index contributed by atoms with van der Waals surface area (Å²) in [5.74, 6) is -0.0148. The van der Waals surface area contributed by atoms with Crippen molar-refractivity contribution in [2.24, 2.45) is 0 Å². The van der Waals surface area contributed by atoms with Crippen LogP contribution in [0.5, 0.6) is 0 Å². The highest BCUT2D eigenvalue weighted by atomic mass is 16.3. The summed E-state index contributed by atoms with van der Waals surface area (Å²) < 4.78 is 0. The molecule has 0 radical (unpaired) electrons. The number of amides is 1. The fraction of sp³-hybridized carbons (Fsp3) is 0.857. The highest BCUT2D eigenvalue weighted by Gasteiger charge is 1.91. The van der Waals surface area contributed by atoms with Crippen molar-refractivity contribution in [1.82, 2.24) is 5.32 Å². The number of aliphatic hydroxyl groups excluding tert-OH is 1. The Labute approximate surface area is 62.4 Å². The van der Waals surface area contributed by atoms with Gasteiger partial charge in [-0.1, -0.05) is 20.8 Å². The van der Waals surface area contributed by atoms with Gasteiger partial charge in [0.25, 0.3) is 0 Å². The molecule has 0 fully saturated rings. The van der Waals surface area contributed by atoms with Gasteiger partial charge in [-0.25, -0.2) is 0 Å². The molecule has 0 aliphatic heterocycles. The Morgan fingerprint density at radius 2 is 2.00 bits per heavy atom. The second-order valence-corrected chi connectivity index (χ2v) is 1.43.